The Morgan fingerprint density at radius 1 is 0.615 bits per heavy atom. The van der Waals surface area contributed by atoms with Gasteiger partial charge in [-0.2, -0.15) is 0 Å². The van der Waals surface area contributed by atoms with Crippen LogP contribution in [0.2, 0.25) is 10.0 Å². The summed E-state index contributed by atoms with van der Waals surface area (Å²) in [4.78, 5) is 68.6. The standard InChI is InChI=1S/C26H25ClN4O2.C25H23ClN4O2/c1-17-4-5-20(22(14-17)26(33)30-24-11-10-21(27)16-29-24)15-23(32)18-6-8-19(9-7-18)25(28)31-12-2-3-13-31;1-16-3-4-19(21(13-16)25(32)29-23-10-9-20(26)15-28-23)14-22(31)17-5-7-18(8-6-17)24-27-11-12-30(24)2/h4-11,14,16,28H,2-3,12-13,15H2,1H3,(H,29,30,33);3-10,13,15H,11-12,14H2,1-2H3,(H,28,29,32). The minimum absolute atomic E-state index is 0.0548. The van der Waals surface area contributed by atoms with Gasteiger partial charge in [0.2, 0.25) is 0 Å². The molecule has 2 aliphatic rings. The molecule has 1 saturated heterocycles. The number of carbonyl (C=O) groups is 4. The molecule has 65 heavy (non-hydrogen) atoms. The van der Waals surface area contributed by atoms with Crippen molar-refractivity contribution in [3.8, 4) is 0 Å². The third-order valence-corrected chi connectivity index (χ3v) is 11.5. The number of hydrogen-bond acceptors (Lipinski definition) is 9. The molecule has 330 valence electrons. The van der Waals surface area contributed by atoms with Crippen LogP contribution in [0.15, 0.2) is 127 Å². The summed E-state index contributed by atoms with van der Waals surface area (Å²) >= 11 is 11.7. The van der Waals surface area contributed by atoms with Gasteiger partial charge in [0.1, 0.15) is 23.3 Å². The van der Waals surface area contributed by atoms with E-state index >= 15 is 0 Å². The average Bonchev–Trinajstić information content (AvgIpc) is 4.02. The van der Waals surface area contributed by atoms with Crippen LogP contribution in [0, 0.1) is 19.3 Å². The molecule has 0 spiro atoms. The number of rotatable bonds is 12. The maximum Gasteiger partial charge on any atom is 0.257 e. The number of aliphatic imine (C=N–C) groups is 1. The zero-order chi connectivity index (χ0) is 46.0. The Labute approximate surface area is 388 Å². The number of ketones is 2. The summed E-state index contributed by atoms with van der Waals surface area (Å²) in [6, 6.07) is 32.2. The monoisotopic (exact) mass is 906 g/mol. The molecule has 12 nitrogen and oxygen atoms in total. The summed E-state index contributed by atoms with van der Waals surface area (Å²) in [5, 5.41) is 14.9. The molecular formula is C51H48Cl2N8O4. The lowest BCUT2D eigenvalue weighted by Crippen LogP contribution is -2.27. The van der Waals surface area contributed by atoms with E-state index in [9.17, 15) is 19.2 Å². The number of likely N-dealkylation sites (N-methyl/N-ethyl adjacent to an activating group) is 1. The van der Waals surface area contributed by atoms with E-state index in [1.165, 1.54) is 12.4 Å². The Balaban J connectivity index is 0.000000194. The van der Waals surface area contributed by atoms with Gasteiger partial charge in [0.15, 0.2) is 11.6 Å². The zero-order valence-electron chi connectivity index (χ0n) is 36.3. The topological polar surface area (TPSA) is 161 Å². The van der Waals surface area contributed by atoms with Gasteiger partial charge in [-0.1, -0.05) is 107 Å². The highest BCUT2D eigenvalue weighted by Crippen LogP contribution is 2.21. The molecule has 8 rings (SSSR count). The number of pyridine rings is 2. The summed E-state index contributed by atoms with van der Waals surface area (Å²) in [7, 11) is 2.01. The van der Waals surface area contributed by atoms with Crippen molar-refractivity contribution in [2.45, 2.75) is 39.5 Å². The Bertz CT molecular complexity index is 2750. The molecule has 2 amide bonds. The number of likely N-dealkylation sites (tertiary alicyclic amines) is 1. The van der Waals surface area contributed by atoms with E-state index in [2.05, 4.69) is 35.4 Å². The van der Waals surface area contributed by atoms with Crippen LogP contribution in [0.1, 0.15) is 87.7 Å². The first-order valence-corrected chi connectivity index (χ1v) is 22.0. The number of carbonyl (C=O) groups excluding carboxylic acids is 4. The first-order chi connectivity index (χ1) is 31.3. The second-order valence-electron chi connectivity index (χ2n) is 16.0. The van der Waals surface area contributed by atoms with Crippen molar-refractivity contribution in [3.63, 3.8) is 0 Å². The quantitative estimate of drug-likeness (QED) is 0.0622. The molecule has 3 N–H and O–H groups in total. The van der Waals surface area contributed by atoms with Crippen LogP contribution < -0.4 is 10.6 Å². The normalized spacial score (nSPS) is 13.1. The zero-order valence-corrected chi connectivity index (χ0v) is 37.8. The SMILES string of the molecule is Cc1ccc(CC(=O)c2ccc(C(=N)N3CCCC3)cc2)c(C(=O)Nc2ccc(Cl)cn2)c1.Cc1ccc(CC(=O)c2ccc(C3=NCCN3C)cc2)c(C(=O)Nc2ccc(Cl)cn2)c1. The second kappa shape index (κ2) is 21.1. The molecule has 2 aliphatic heterocycles. The molecule has 6 aromatic rings. The van der Waals surface area contributed by atoms with E-state index in [0.29, 0.717) is 60.9 Å². The van der Waals surface area contributed by atoms with Crippen LogP contribution in [0.25, 0.3) is 0 Å². The third-order valence-electron chi connectivity index (χ3n) is 11.1. The van der Waals surface area contributed by atoms with Crippen molar-refractivity contribution in [2.75, 3.05) is 43.9 Å². The smallest absolute Gasteiger partial charge is 0.257 e. The van der Waals surface area contributed by atoms with Crippen LogP contribution >= 0.6 is 23.2 Å². The maximum absolute atomic E-state index is 13.0. The maximum atomic E-state index is 13.0. The fourth-order valence-electron chi connectivity index (χ4n) is 7.52. The number of aromatic nitrogens is 2. The molecular weight excluding hydrogens is 860 g/mol. The van der Waals surface area contributed by atoms with Gasteiger partial charge in [-0.25, -0.2) is 9.97 Å². The Hall–Kier alpha value is -7.02. The summed E-state index contributed by atoms with van der Waals surface area (Å²) < 4.78 is 0. The number of halogens is 2. The van der Waals surface area contributed by atoms with Gasteiger partial charge in [0.25, 0.3) is 11.8 Å². The highest BCUT2D eigenvalue weighted by atomic mass is 35.5. The summed E-state index contributed by atoms with van der Waals surface area (Å²) in [6.45, 7) is 7.31. The largest absolute Gasteiger partial charge is 0.358 e. The third kappa shape index (κ3) is 12.0. The molecule has 0 unspecified atom stereocenters. The van der Waals surface area contributed by atoms with Crippen molar-refractivity contribution < 1.29 is 19.2 Å². The number of amides is 2. The number of anilines is 2. The minimum atomic E-state index is -0.328. The highest BCUT2D eigenvalue weighted by Gasteiger charge is 2.21. The van der Waals surface area contributed by atoms with E-state index in [0.717, 1.165) is 67.1 Å². The lowest BCUT2D eigenvalue weighted by atomic mass is 9.96. The van der Waals surface area contributed by atoms with E-state index < -0.39 is 0 Å². The van der Waals surface area contributed by atoms with Crippen molar-refractivity contribution in [1.82, 2.24) is 19.8 Å². The molecule has 2 aromatic heterocycles. The summed E-state index contributed by atoms with van der Waals surface area (Å²) in [5.41, 5.74) is 7.00. The van der Waals surface area contributed by atoms with Crippen LogP contribution in [-0.4, -0.2) is 88.0 Å². The van der Waals surface area contributed by atoms with E-state index in [4.69, 9.17) is 28.6 Å². The molecule has 4 heterocycles. The van der Waals surface area contributed by atoms with Gasteiger partial charge < -0.3 is 20.4 Å². The van der Waals surface area contributed by atoms with Gasteiger partial charge in [0, 0.05) is 85.3 Å². The fraction of sp³-hybridized carbons (Fsp3) is 0.216. The van der Waals surface area contributed by atoms with E-state index in [-0.39, 0.29) is 36.2 Å². The van der Waals surface area contributed by atoms with Crippen LogP contribution in [0.3, 0.4) is 0 Å². The lowest BCUT2D eigenvalue weighted by Gasteiger charge is -2.18. The van der Waals surface area contributed by atoms with Gasteiger partial charge >= 0.3 is 0 Å². The number of nitrogens with one attached hydrogen (secondary N) is 3. The molecule has 4 aromatic carbocycles. The average molecular weight is 908 g/mol. The van der Waals surface area contributed by atoms with Gasteiger partial charge in [-0.05, 0) is 74.2 Å². The molecule has 0 aliphatic carbocycles. The molecule has 0 radical (unpaired) electrons. The predicted molar refractivity (Wildman–Crippen MR) is 257 cm³/mol. The second-order valence-corrected chi connectivity index (χ2v) is 16.8. The van der Waals surface area contributed by atoms with Crippen molar-refractivity contribution in [2.24, 2.45) is 4.99 Å². The molecule has 0 saturated carbocycles. The van der Waals surface area contributed by atoms with Crippen LogP contribution in [-0.2, 0) is 12.8 Å². The first kappa shape index (κ1) is 46.0. The lowest BCUT2D eigenvalue weighted by molar-refractivity contribution is 0.0980. The highest BCUT2D eigenvalue weighted by molar-refractivity contribution is 6.30. The Morgan fingerprint density at radius 3 is 1.51 bits per heavy atom. The van der Waals surface area contributed by atoms with Gasteiger partial charge in [-0.15, -0.1) is 0 Å². The number of nitrogens with zero attached hydrogens (tertiary/aromatic N) is 5. The van der Waals surface area contributed by atoms with Gasteiger partial charge in [0.05, 0.1) is 16.6 Å². The van der Waals surface area contributed by atoms with Crippen molar-refractivity contribution in [3.05, 3.63) is 187 Å². The molecule has 1 fully saturated rings. The van der Waals surface area contributed by atoms with Crippen molar-refractivity contribution in [1.29, 1.82) is 5.41 Å². The summed E-state index contributed by atoms with van der Waals surface area (Å²) in [6.07, 6.45) is 5.37. The number of benzene rings is 4. The van der Waals surface area contributed by atoms with Crippen LogP contribution in [0.4, 0.5) is 11.6 Å². The molecule has 14 heteroatoms. The fourth-order valence-corrected chi connectivity index (χ4v) is 7.74. The Morgan fingerprint density at radius 2 is 1.08 bits per heavy atom. The van der Waals surface area contributed by atoms with E-state index in [1.807, 2.05) is 81.6 Å². The van der Waals surface area contributed by atoms with E-state index in [1.54, 1.807) is 48.5 Å². The molecule has 0 bridgehead atoms. The van der Waals surface area contributed by atoms with Gasteiger partial charge in [-0.3, -0.25) is 29.6 Å². The minimum Gasteiger partial charge on any atom is -0.358 e. The number of amidine groups is 2. The number of Topliss-reactive ketones (excluding diaryl/α,β-unsaturated/α-hetero) is 2. The van der Waals surface area contributed by atoms with Crippen LogP contribution in [0.5, 0.6) is 0 Å². The molecule has 0 atom stereocenters. The predicted octanol–water partition coefficient (Wildman–Crippen LogP) is 9.56. The van der Waals surface area contributed by atoms with Crippen molar-refractivity contribution >= 4 is 69.9 Å². The number of aryl methyl sites for hydroxylation is 2. The Kier molecular flexibility index (Phi) is 14.9. The first-order valence-electron chi connectivity index (χ1n) is 21.2. The summed E-state index contributed by atoms with van der Waals surface area (Å²) in [5.74, 6) is 1.44. The number of hydrogen-bond donors (Lipinski definition) is 3.